The van der Waals surface area contributed by atoms with Crippen molar-refractivity contribution < 1.29 is 28.6 Å². The summed E-state index contributed by atoms with van der Waals surface area (Å²) in [5.41, 5.74) is 0. The zero-order valence-electron chi connectivity index (χ0n) is 45.0. The summed E-state index contributed by atoms with van der Waals surface area (Å²) >= 11 is 0. The molecule has 6 heteroatoms. The Kier molecular flexibility index (Phi) is 53.5. The Balaban J connectivity index is 4.39. The van der Waals surface area contributed by atoms with Crippen LogP contribution in [0.15, 0.2) is 134 Å². The van der Waals surface area contributed by atoms with Crippen LogP contribution >= 0.6 is 0 Å². The van der Waals surface area contributed by atoms with Crippen LogP contribution in [-0.4, -0.2) is 37.2 Å². The van der Waals surface area contributed by atoms with Gasteiger partial charge >= 0.3 is 17.9 Å². The van der Waals surface area contributed by atoms with Gasteiger partial charge in [-0.2, -0.15) is 0 Å². The average Bonchev–Trinajstić information content (AvgIpc) is 3.36. The van der Waals surface area contributed by atoms with E-state index in [9.17, 15) is 14.4 Å². The van der Waals surface area contributed by atoms with Gasteiger partial charge in [0.1, 0.15) is 13.2 Å². The summed E-state index contributed by atoms with van der Waals surface area (Å²) < 4.78 is 16.7. The molecular formula is C64H102O6. The molecule has 0 radical (unpaired) electrons. The molecular weight excluding hydrogens is 865 g/mol. The molecule has 0 aliphatic carbocycles. The van der Waals surface area contributed by atoms with Crippen LogP contribution in [0.4, 0.5) is 0 Å². The predicted octanol–water partition coefficient (Wildman–Crippen LogP) is 19.0. The number of carbonyl (C=O) groups is 3. The molecule has 0 aliphatic heterocycles. The third kappa shape index (κ3) is 54.5. The number of rotatable bonds is 49. The SMILES string of the molecule is CC/C=C\C/C=C\C/C=C\C/C=C\C/C=C\C/C=C\C/C=C\C/C=C\C/C=C\CCCC(=O)OCC(COC(=O)CCCCCCC/C=C\CCCC)OC(=O)CCCCCCC/C=C\CCCCC. The summed E-state index contributed by atoms with van der Waals surface area (Å²) in [4.78, 5) is 38.0. The number of esters is 3. The molecule has 1 unspecified atom stereocenters. The van der Waals surface area contributed by atoms with Crippen LogP contribution in [0, 0.1) is 0 Å². The maximum atomic E-state index is 12.8. The molecule has 1 atom stereocenters. The quantitative estimate of drug-likeness (QED) is 0.0262. The first-order valence-electron chi connectivity index (χ1n) is 28.2. The van der Waals surface area contributed by atoms with Crippen LogP contribution in [0.3, 0.4) is 0 Å². The Morgan fingerprint density at radius 2 is 0.586 bits per heavy atom. The molecule has 0 N–H and O–H groups in total. The number of allylic oxidation sites excluding steroid dienone is 22. The molecule has 0 aromatic rings. The summed E-state index contributed by atoms with van der Waals surface area (Å²) in [6.07, 6.45) is 80.3. The second-order valence-electron chi connectivity index (χ2n) is 18.1. The van der Waals surface area contributed by atoms with Crippen molar-refractivity contribution in [2.24, 2.45) is 0 Å². The van der Waals surface area contributed by atoms with Crippen molar-refractivity contribution in [3.8, 4) is 0 Å². The first-order chi connectivity index (χ1) is 34.5. The Hall–Kier alpha value is -4.45. The summed E-state index contributed by atoms with van der Waals surface area (Å²) in [5.74, 6) is -0.996. The van der Waals surface area contributed by atoms with Gasteiger partial charge in [-0.25, -0.2) is 0 Å². The van der Waals surface area contributed by atoms with Crippen molar-refractivity contribution >= 4 is 17.9 Å². The second-order valence-corrected chi connectivity index (χ2v) is 18.1. The molecule has 0 saturated carbocycles. The van der Waals surface area contributed by atoms with E-state index in [1.54, 1.807) is 0 Å². The lowest BCUT2D eigenvalue weighted by Gasteiger charge is -2.18. The highest BCUT2D eigenvalue weighted by atomic mass is 16.6. The van der Waals surface area contributed by atoms with Crippen molar-refractivity contribution in [3.63, 3.8) is 0 Å². The van der Waals surface area contributed by atoms with Crippen LogP contribution < -0.4 is 0 Å². The van der Waals surface area contributed by atoms with E-state index in [4.69, 9.17) is 14.2 Å². The summed E-state index contributed by atoms with van der Waals surface area (Å²) in [5, 5.41) is 0. The van der Waals surface area contributed by atoms with E-state index in [-0.39, 0.29) is 37.5 Å². The molecule has 394 valence electrons. The molecule has 0 fully saturated rings. The Morgan fingerprint density at radius 1 is 0.300 bits per heavy atom. The van der Waals surface area contributed by atoms with Crippen LogP contribution in [-0.2, 0) is 28.6 Å². The lowest BCUT2D eigenvalue weighted by atomic mass is 10.1. The van der Waals surface area contributed by atoms with Gasteiger partial charge in [0.2, 0.25) is 0 Å². The van der Waals surface area contributed by atoms with Crippen LogP contribution in [0.1, 0.15) is 233 Å². The standard InChI is InChI=1S/C64H102O6/c1-4-7-10-13-16-19-22-24-25-26-27-28-29-30-31-32-33-34-35-36-37-38-39-40-43-45-48-51-54-57-63(66)69-60-61(59-68-62(65)56-53-50-47-44-41-21-18-15-12-9-6-3)70-64(67)58-55-52-49-46-42-23-20-17-14-11-8-5-2/h7,10,15-20,24-25,27-28,30-31,33-34,36-37,39-40,45,48,61H,4-6,8-9,11-14,21-23,26,29,32,35,38,41-44,46-47,49-60H2,1-3H3/b10-7-,18-15-,19-16-,20-17-,25-24-,28-27-,31-30-,34-33-,37-36-,40-39-,48-45-. The highest BCUT2D eigenvalue weighted by molar-refractivity contribution is 5.71. The third-order valence-electron chi connectivity index (χ3n) is 11.4. The van der Waals surface area contributed by atoms with Crippen molar-refractivity contribution in [1.29, 1.82) is 0 Å². The van der Waals surface area contributed by atoms with E-state index in [2.05, 4.69) is 154 Å². The van der Waals surface area contributed by atoms with Gasteiger partial charge in [-0.05, 0) is 128 Å². The average molecular weight is 968 g/mol. The number of unbranched alkanes of at least 4 members (excludes halogenated alkanes) is 16. The minimum atomic E-state index is -0.812. The van der Waals surface area contributed by atoms with Gasteiger partial charge < -0.3 is 14.2 Å². The Bertz CT molecular complexity index is 1530. The molecule has 6 nitrogen and oxygen atoms in total. The minimum absolute atomic E-state index is 0.107. The molecule has 0 saturated heterocycles. The summed E-state index contributed by atoms with van der Waals surface area (Å²) in [6.45, 7) is 6.38. The number of carbonyl (C=O) groups excluding carboxylic acids is 3. The van der Waals surface area contributed by atoms with Crippen LogP contribution in [0.5, 0.6) is 0 Å². The smallest absolute Gasteiger partial charge is 0.306 e. The monoisotopic (exact) mass is 967 g/mol. The topological polar surface area (TPSA) is 78.9 Å². The molecule has 0 spiro atoms. The highest BCUT2D eigenvalue weighted by Crippen LogP contribution is 2.13. The van der Waals surface area contributed by atoms with E-state index in [1.165, 1.54) is 57.8 Å². The van der Waals surface area contributed by atoms with Crippen molar-refractivity contribution in [3.05, 3.63) is 134 Å². The largest absolute Gasteiger partial charge is 0.462 e. The van der Waals surface area contributed by atoms with Crippen LogP contribution in [0.25, 0.3) is 0 Å². The lowest BCUT2D eigenvalue weighted by Crippen LogP contribution is -2.30. The lowest BCUT2D eigenvalue weighted by molar-refractivity contribution is -0.167. The van der Waals surface area contributed by atoms with E-state index in [1.807, 2.05) is 0 Å². The fraction of sp³-hybridized carbons (Fsp3) is 0.609. The van der Waals surface area contributed by atoms with E-state index >= 15 is 0 Å². The number of ether oxygens (including phenoxy) is 3. The minimum Gasteiger partial charge on any atom is -0.462 e. The molecule has 70 heavy (non-hydrogen) atoms. The second kappa shape index (κ2) is 57.1. The Labute approximate surface area is 430 Å². The zero-order valence-corrected chi connectivity index (χ0v) is 45.0. The van der Waals surface area contributed by atoms with Gasteiger partial charge in [-0.3, -0.25) is 14.4 Å². The van der Waals surface area contributed by atoms with E-state index in [0.717, 1.165) is 128 Å². The van der Waals surface area contributed by atoms with E-state index < -0.39 is 6.10 Å². The molecule has 0 amide bonds. The Morgan fingerprint density at radius 3 is 0.986 bits per heavy atom. The van der Waals surface area contributed by atoms with Crippen LogP contribution in [0.2, 0.25) is 0 Å². The fourth-order valence-corrected chi connectivity index (χ4v) is 7.12. The summed E-state index contributed by atoms with van der Waals surface area (Å²) in [7, 11) is 0. The van der Waals surface area contributed by atoms with Gasteiger partial charge in [0.05, 0.1) is 0 Å². The first kappa shape index (κ1) is 65.5. The maximum Gasteiger partial charge on any atom is 0.306 e. The van der Waals surface area contributed by atoms with Gasteiger partial charge in [0.25, 0.3) is 0 Å². The molecule has 0 heterocycles. The highest BCUT2D eigenvalue weighted by Gasteiger charge is 2.19. The van der Waals surface area contributed by atoms with Crippen molar-refractivity contribution in [2.75, 3.05) is 13.2 Å². The van der Waals surface area contributed by atoms with Gasteiger partial charge in [-0.15, -0.1) is 0 Å². The first-order valence-corrected chi connectivity index (χ1v) is 28.2. The predicted molar refractivity (Wildman–Crippen MR) is 302 cm³/mol. The molecule has 0 aromatic heterocycles. The number of hydrogen-bond acceptors (Lipinski definition) is 6. The molecule has 0 bridgehead atoms. The fourth-order valence-electron chi connectivity index (χ4n) is 7.12. The zero-order chi connectivity index (χ0) is 50.7. The molecule has 0 aliphatic rings. The van der Waals surface area contributed by atoms with Gasteiger partial charge in [0.15, 0.2) is 6.10 Å². The van der Waals surface area contributed by atoms with E-state index in [0.29, 0.717) is 19.3 Å². The molecule has 0 aromatic carbocycles. The maximum absolute atomic E-state index is 12.8. The van der Waals surface area contributed by atoms with Gasteiger partial charge in [-0.1, -0.05) is 219 Å². The summed E-state index contributed by atoms with van der Waals surface area (Å²) in [6, 6.07) is 0. The van der Waals surface area contributed by atoms with Crippen molar-refractivity contribution in [1.82, 2.24) is 0 Å². The molecule has 0 rings (SSSR count). The van der Waals surface area contributed by atoms with Gasteiger partial charge in [0, 0.05) is 19.3 Å². The van der Waals surface area contributed by atoms with Crippen molar-refractivity contribution in [2.45, 2.75) is 239 Å². The normalized spacial score (nSPS) is 13.1. The number of hydrogen-bond donors (Lipinski definition) is 0. The third-order valence-corrected chi connectivity index (χ3v) is 11.4.